The maximum atomic E-state index is 13.2. The first-order chi connectivity index (χ1) is 70.5. The zero-order chi connectivity index (χ0) is 102. The number of para-hydroxylation sites is 1. The van der Waals surface area contributed by atoms with Crippen molar-refractivity contribution >= 4 is 64.2 Å². The number of amides is 3. The van der Waals surface area contributed by atoms with E-state index in [0.29, 0.717) is 93.7 Å². The second-order valence-corrected chi connectivity index (χ2v) is 41.0. The number of rotatable bonds is 26. The van der Waals surface area contributed by atoms with Crippen molar-refractivity contribution in [3.63, 3.8) is 0 Å². The lowest BCUT2D eigenvalue weighted by molar-refractivity contribution is 0.0582. The normalized spacial score (nSPS) is 16.5. The third-order valence-corrected chi connectivity index (χ3v) is 29.8. The summed E-state index contributed by atoms with van der Waals surface area (Å²) in [5, 5.41) is 21.3. The summed E-state index contributed by atoms with van der Waals surface area (Å²) in [6.07, 6.45) is 31.7. The Hall–Kier alpha value is -13.1. The molecule has 0 unspecified atom stereocenters. The van der Waals surface area contributed by atoms with Crippen LogP contribution in [0.2, 0.25) is 10.0 Å². The standard InChI is InChI=1S/C30H41N9O.C28H39N9O.C26H33N7O2.C24H22Cl2N6O/c1-21-14-23(15-24-19-35(2)7-6-26(21)24)27-17-32-28(31)29(34-27)39-20-25(16-33-39)30(40)36(3)8-9-37-10-12-38(13-11-37)18-22-4-5-22;1-5-35-10-12-36(13-11-35)9-8-34(4)28(38)23-16-31-37(19-23)27-26(29)30-17-25(32-27)21-14-20(2)24-6-7-33(3)18-22(24)15-21;1-17-11-18(12-19-15-32(2)9-7-22(17)19)23-14-29-24(27)25(31-23)33-16-20(13-30-33)26(34)28-8-10-35-21-5-3-4-6-21;1-14-8-15(9-16-12-31(2)7-6-18(14)16)21-11-28-23(27)24(30-21)33-17-10-29-32(13-17)22-19(25)4-3-5-20(22)26/h14-17,20,22H,4-13,18-19H2,1-3H3,(H2,31,32);14-17,19H,5-13,18H2,1-4H3,(H2,29,30);11-14,16,21H,3-10,15H2,1-2H3,(H2,27,29)(H,28,34);3-5,8-11,13H,6-7,12H2,1-2H3,(H2,27,28). The van der Waals surface area contributed by atoms with Crippen LogP contribution in [0.1, 0.15) is 143 Å². The van der Waals surface area contributed by atoms with Crippen molar-refractivity contribution in [2.24, 2.45) is 5.92 Å². The summed E-state index contributed by atoms with van der Waals surface area (Å²) in [6.45, 7) is 33.9. The minimum atomic E-state index is -0.205. The van der Waals surface area contributed by atoms with E-state index in [4.69, 9.17) is 70.6 Å². The van der Waals surface area contributed by atoms with E-state index in [9.17, 15) is 14.4 Å². The van der Waals surface area contributed by atoms with Gasteiger partial charge in [-0.2, -0.15) is 20.4 Å². The number of ether oxygens (including phenoxy) is 2. The number of nitrogens with zero attached hydrogens (tertiary/aromatic N) is 26. The Morgan fingerprint density at radius 1 is 0.438 bits per heavy atom. The van der Waals surface area contributed by atoms with Crippen LogP contribution in [0.5, 0.6) is 11.6 Å². The highest BCUT2D eigenvalue weighted by Crippen LogP contribution is 2.38. The van der Waals surface area contributed by atoms with Gasteiger partial charge in [-0.1, -0.05) is 49.0 Å². The number of fused-ring (bicyclic) bond motifs is 4. The molecule has 8 aliphatic rings. The molecule has 38 heteroatoms. The maximum absolute atomic E-state index is 13.2. The van der Waals surface area contributed by atoms with Crippen molar-refractivity contribution in [1.29, 1.82) is 0 Å². The van der Waals surface area contributed by atoms with E-state index in [1.54, 1.807) is 110 Å². The van der Waals surface area contributed by atoms with Gasteiger partial charge in [0.05, 0.1) is 118 Å². The Bertz CT molecular complexity index is 6830. The van der Waals surface area contributed by atoms with Crippen LogP contribution in [-0.2, 0) is 56.6 Å². The first kappa shape index (κ1) is 103. The van der Waals surface area contributed by atoms with Gasteiger partial charge in [0.2, 0.25) is 0 Å². The number of carbonyl (C=O) groups is 3. The smallest absolute Gasteiger partial charge is 0.263 e. The topological polar surface area (TPSA) is 393 Å². The summed E-state index contributed by atoms with van der Waals surface area (Å²) in [4.78, 5) is 98.2. The largest absolute Gasteiger partial charge is 0.433 e. The number of aryl methyl sites for hydroxylation is 4. The summed E-state index contributed by atoms with van der Waals surface area (Å²) < 4.78 is 17.9. The average molecular weight is 2020 g/mol. The van der Waals surface area contributed by atoms with E-state index in [1.807, 2.05) is 14.1 Å². The Morgan fingerprint density at radius 2 is 0.808 bits per heavy atom. The highest BCUT2D eigenvalue weighted by molar-refractivity contribution is 6.37. The molecule has 21 rings (SSSR count). The van der Waals surface area contributed by atoms with Crippen LogP contribution in [-0.4, -0.2) is 325 Å². The fourth-order valence-electron chi connectivity index (χ4n) is 20.4. The van der Waals surface area contributed by atoms with Crippen molar-refractivity contribution in [1.82, 2.24) is 133 Å². The van der Waals surface area contributed by atoms with Crippen LogP contribution in [0.3, 0.4) is 0 Å². The Balaban J connectivity index is 0.000000128. The molecular formula is C108H135Cl2N31O5. The van der Waals surface area contributed by atoms with Crippen LogP contribution in [0.15, 0.2) is 141 Å². The van der Waals surface area contributed by atoms with Gasteiger partial charge in [-0.05, 0) is 247 Å². The lowest BCUT2D eigenvalue weighted by atomic mass is 9.92. The predicted molar refractivity (Wildman–Crippen MR) is 570 cm³/mol. The Kier molecular flexibility index (Phi) is 32.6. The summed E-state index contributed by atoms with van der Waals surface area (Å²) >= 11 is 12.6. The van der Waals surface area contributed by atoms with E-state index >= 15 is 0 Å². The number of anilines is 4. The van der Waals surface area contributed by atoms with Crippen molar-refractivity contribution in [3.05, 3.63) is 235 Å². The molecule has 146 heavy (non-hydrogen) atoms. The van der Waals surface area contributed by atoms with E-state index in [1.165, 1.54) is 110 Å². The molecule has 14 heterocycles. The molecule has 2 saturated carbocycles. The first-order valence-electron chi connectivity index (χ1n) is 50.9. The molecule has 0 bridgehead atoms. The van der Waals surface area contributed by atoms with Gasteiger partial charge in [0, 0.05) is 199 Å². The quantitative estimate of drug-likeness (QED) is 0.0314. The number of aromatic nitrogens is 16. The van der Waals surface area contributed by atoms with Gasteiger partial charge >= 0.3 is 0 Å². The SMILES string of the molecule is CCN1CCN(CCN(C)C(=O)c2cnn(-c3nc(-c4cc(C)c5c(c4)CN(C)CC5)cnc3N)c2)CC1.Cc1cc(-c2cnc(N)c(-n3cc(C(=O)N(C)CCN4CCN(CC5CC5)CC4)cn3)n2)cc2c1CCN(C)C2.Cc1cc(-c2cnc(N)c(-n3cc(C(=O)NCCOC4CCCC4)cn3)n2)cc2c1CCN(C)C2.Cc1cc(-c2cnc(N)c(Oc3cnn(-c4c(Cl)cccc4Cl)c3)n2)cc2c1CCN(C)C2. The van der Waals surface area contributed by atoms with Crippen LogP contribution in [0.4, 0.5) is 23.3 Å². The number of likely N-dealkylation sites (N-methyl/N-ethyl adjacent to an activating group) is 7. The summed E-state index contributed by atoms with van der Waals surface area (Å²) in [7, 11) is 12.3. The molecule has 36 nitrogen and oxygen atoms in total. The minimum absolute atomic E-state index is 0.0595. The van der Waals surface area contributed by atoms with Gasteiger partial charge in [0.25, 0.3) is 23.6 Å². The Morgan fingerprint density at radius 3 is 1.21 bits per heavy atom. The Labute approximate surface area is 863 Å². The van der Waals surface area contributed by atoms with E-state index in [-0.39, 0.29) is 46.9 Å². The van der Waals surface area contributed by atoms with Crippen LogP contribution in [0, 0.1) is 33.6 Å². The fraction of sp³-hybridized carbons (Fsp3) is 0.435. The number of nitrogens with two attached hydrogens (primary N) is 4. The summed E-state index contributed by atoms with van der Waals surface area (Å²) in [5.74, 6) is 3.49. The second kappa shape index (κ2) is 46.3. The number of nitrogens with one attached hydrogen (secondary N) is 1. The van der Waals surface area contributed by atoms with Gasteiger partial charge in [-0.25, -0.2) is 58.6 Å². The molecule has 13 aromatic rings. The van der Waals surface area contributed by atoms with Gasteiger partial charge in [-0.3, -0.25) is 24.2 Å². The summed E-state index contributed by atoms with van der Waals surface area (Å²) in [5.41, 5.74) is 49.6. The van der Waals surface area contributed by atoms with E-state index in [2.05, 4.69) is 201 Å². The molecule has 2 aliphatic carbocycles. The highest BCUT2D eigenvalue weighted by Gasteiger charge is 2.31. The molecule has 766 valence electrons. The third kappa shape index (κ3) is 24.9. The van der Waals surface area contributed by atoms with Crippen LogP contribution >= 0.6 is 23.2 Å². The zero-order valence-electron chi connectivity index (χ0n) is 85.7. The van der Waals surface area contributed by atoms with Gasteiger partial charge in [0.15, 0.2) is 46.5 Å². The number of carbonyl (C=O) groups excluding carboxylic acids is 3. The molecule has 8 aromatic heterocycles. The molecule has 9 N–H and O–H groups in total. The third-order valence-electron chi connectivity index (χ3n) is 29.2. The molecule has 5 aromatic carbocycles. The van der Waals surface area contributed by atoms with Gasteiger partial charge in [0.1, 0.15) is 5.69 Å². The molecular weight excluding hydrogens is 1880 g/mol. The number of halogens is 2. The van der Waals surface area contributed by atoms with Crippen molar-refractivity contribution in [2.75, 3.05) is 196 Å². The van der Waals surface area contributed by atoms with Crippen molar-refractivity contribution in [2.45, 2.75) is 131 Å². The molecule has 4 fully saturated rings. The molecule has 0 spiro atoms. The van der Waals surface area contributed by atoms with E-state index < -0.39 is 0 Å². The van der Waals surface area contributed by atoms with Gasteiger partial charge in [-0.15, -0.1) is 0 Å². The zero-order valence-corrected chi connectivity index (χ0v) is 87.2. The first-order valence-corrected chi connectivity index (χ1v) is 51.7. The fourth-order valence-corrected chi connectivity index (χ4v) is 21.0. The highest BCUT2D eigenvalue weighted by atomic mass is 35.5. The molecule has 6 aliphatic heterocycles. The second-order valence-electron chi connectivity index (χ2n) is 40.2. The number of piperazine rings is 2. The monoisotopic (exact) mass is 2020 g/mol. The lowest BCUT2D eigenvalue weighted by Gasteiger charge is -2.35. The number of hydrogen-bond donors (Lipinski definition) is 5. The lowest BCUT2D eigenvalue weighted by Crippen LogP contribution is -2.49. The maximum Gasteiger partial charge on any atom is 0.263 e. The van der Waals surface area contributed by atoms with Gasteiger partial charge < -0.3 is 76.9 Å². The minimum Gasteiger partial charge on any atom is -0.433 e. The van der Waals surface area contributed by atoms with Crippen molar-refractivity contribution < 1.29 is 23.9 Å². The molecule has 2 saturated heterocycles. The number of hydrogen-bond acceptors (Lipinski definition) is 29. The molecule has 3 amide bonds. The average Bonchev–Trinajstić information content (AvgIpc) is 1.29. The number of benzene rings is 5. The summed E-state index contributed by atoms with van der Waals surface area (Å²) in [6, 6.07) is 22.7. The molecule has 0 atom stereocenters. The van der Waals surface area contributed by atoms with Crippen molar-refractivity contribution in [3.8, 4) is 79.8 Å². The van der Waals surface area contributed by atoms with Crippen LogP contribution in [0.25, 0.3) is 68.2 Å². The van der Waals surface area contributed by atoms with E-state index in [0.717, 1.165) is 208 Å². The number of nitrogen functional groups attached to an aromatic ring is 4. The van der Waals surface area contributed by atoms with Crippen LogP contribution < -0.4 is 33.0 Å². The predicted octanol–water partition coefficient (Wildman–Crippen LogP) is 12.4. The molecule has 0 radical (unpaired) electrons.